The first kappa shape index (κ1) is 14.9. The predicted octanol–water partition coefficient (Wildman–Crippen LogP) is 3.50. The number of aromatic nitrogens is 2. The van der Waals surface area contributed by atoms with Crippen LogP contribution in [0.25, 0.3) is 11.0 Å². The number of pyridine rings is 2. The molecule has 0 saturated carbocycles. The normalized spacial score (nSPS) is 11.3. The third-order valence-corrected chi connectivity index (χ3v) is 4.26. The lowest BCUT2D eigenvalue weighted by atomic mass is 10.2. The highest BCUT2D eigenvalue weighted by molar-refractivity contribution is 7.12. The van der Waals surface area contributed by atoms with Crippen LogP contribution in [-0.4, -0.2) is 29.0 Å². The van der Waals surface area contributed by atoms with Crippen molar-refractivity contribution in [3.63, 3.8) is 0 Å². The molecule has 22 heavy (non-hydrogen) atoms. The summed E-state index contributed by atoms with van der Waals surface area (Å²) in [5, 5.41) is 3.36. The number of nitrogens with one attached hydrogen (secondary N) is 1. The van der Waals surface area contributed by atoms with Gasteiger partial charge in [-0.1, -0.05) is 0 Å². The van der Waals surface area contributed by atoms with E-state index >= 15 is 0 Å². The number of fused-ring (bicyclic) bond motifs is 1. The van der Waals surface area contributed by atoms with E-state index in [2.05, 4.69) is 46.4 Å². The van der Waals surface area contributed by atoms with Crippen molar-refractivity contribution in [3.8, 4) is 0 Å². The van der Waals surface area contributed by atoms with E-state index in [1.807, 2.05) is 6.07 Å². The average molecular weight is 316 g/mol. The lowest BCUT2D eigenvalue weighted by Crippen LogP contribution is -2.09. The molecule has 4 nitrogen and oxygen atoms in total. The second kappa shape index (κ2) is 6.37. The van der Waals surface area contributed by atoms with Crippen molar-refractivity contribution in [2.45, 2.75) is 13.1 Å². The summed E-state index contributed by atoms with van der Waals surface area (Å²) < 4.78 is 13.2. The van der Waals surface area contributed by atoms with E-state index in [4.69, 9.17) is 0 Å². The number of hydrogen-bond acceptors (Lipinski definition) is 5. The van der Waals surface area contributed by atoms with Crippen LogP contribution in [0.5, 0.6) is 0 Å². The van der Waals surface area contributed by atoms with Crippen LogP contribution in [0.4, 0.5) is 10.1 Å². The van der Waals surface area contributed by atoms with E-state index in [9.17, 15) is 4.39 Å². The van der Waals surface area contributed by atoms with Gasteiger partial charge in [-0.25, -0.2) is 9.37 Å². The Morgan fingerprint density at radius 3 is 2.82 bits per heavy atom. The predicted molar refractivity (Wildman–Crippen MR) is 88.5 cm³/mol. The standard InChI is InChI=1S/C16H17FN4S/c1-21(2)10-13-4-3-12(22-13)9-19-14-5-6-18-15-7-11(17)8-20-16(14)15/h3-8H,9-10H2,1-2H3,(H,18,19). The molecule has 114 valence electrons. The maximum Gasteiger partial charge on any atom is 0.143 e. The summed E-state index contributed by atoms with van der Waals surface area (Å²) in [6.07, 6.45) is 2.88. The zero-order valence-corrected chi connectivity index (χ0v) is 13.3. The Labute approximate surface area is 132 Å². The highest BCUT2D eigenvalue weighted by Gasteiger charge is 2.06. The lowest BCUT2D eigenvalue weighted by molar-refractivity contribution is 0.406. The second-order valence-corrected chi connectivity index (χ2v) is 6.59. The van der Waals surface area contributed by atoms with Crippen LogP contribution in [0.15, 0.2) is 36.7 Å². The monoisotopic (exact) mass is 316 g/mol. The molecule has 0 bridgehead atoms. The van der Waals surface area contributed by atoms with Crippen LogP contribution in [0.2, 0.25) is 0 Å². The number of thiophene rings is 1. The molecule has 0 aromatic carbocycles. The molecule has 0 unspecified atom stereocenters. The molecule has 3 aromatic heterocycles. The molecule has 0 atom stereocenters. The van der Waals surface area contributed by atoms with Gasteiger partial charge in [0.1, 0.15) is 11.3 Å². The minimum atomic E-state index is -0.372. The Morgan fingerprint density at radius 2 is 2.00 bits per heavy atom. The summed E-state index contributed by atoms with van der Waals surface area (Å²) in [5.74, 6) is -0.372. The molecule has 0 amide bonds. The Hall–Kier alpha value is -2.05. The molecule has 3 rings (SSSR count). The van der Waals surface area contributed by atoms with Crippen LogP contribution in [0, 0.1) is 5.82 Å². The Balaban J connectivity index is 1.75. The molecular formula is C16H17FN4S. The van der Waals surface area contributed by atoms with Gasteiger partial charge in [0, 0.05) is 35.1 Å². The molecule has 3 aromatic rings. The van der Waals surface area contributed by atoms with Gasteiger partial charge >= 0.3 is 0 Å². The van der Waals surface area contributed by atoms with Gasteiger partial charge in [-0.05, 0) is 32.3 Å². The maximum atomic E-state index is 13.2. The van der Waals surface area contributed by atoms with E-state index in [0.717, 1.165) is 18.8 Å². The number of anilines is 1. The van der Waals surface area contributed by atoms with Gasteiger partial charge in [-0.3, -0.25) is 4.98 Å². The Kier molecular flexibility index (Phi) is 4.31. The first-order chi connectivity index (χ1) is 10.6. The number of nitrogens with zero attached hydrogens (tertiary/aromatic N) is 3. The molecule has 3 heterocycles. The van der Waals surface area contributed by atoms with Gasteiger partial charge in [0.25, 0.3) is 0 Å². The summed E-state index contributed by atoms with van der Waals surface area (Å²) in [4.78, 5) is 13.0. The molecule has 1 N–H and O–H groups in total. The Bertz CT molecular complexity index is 785. The SMILES string of the molecule is CN(C)Cc1ccc(CNc2ccnc3cc(F)cnc23)s1. The van der Waals surface area contributed by atoms with Crippen LogP contribution >= 0.6 is 11.3 Å². The van der Waals surface area contributed by atoms with Gasteiger partial charge in [0.2, 0.25) is 0 Å². The van der Waals surface area contributed by atoms with Gasteiger partial charge in [0.05, 0.1) is 17.4 Å². The van der Waals surface area contributed by atoms with E-state index in [0.29, 0.717) is 11.0 Å². The third-order valence-electron chi connectivity index (χ3n) is 3.19. The second-order valence-electron chi connectivity index (χ2n) is 5.34. The third kappa shape index (κ3) is 3.40. The zero-order chi connectivity index (χ0) is 15.5. The smallest absolute Gasteiger partial charge is 0.143 e. The van der Waals surface area contributed by atoms with Gasteiger partial charge in [-0.2, -0.15) is 0 Å². The molecule has 0 aliphatic carbocycles. The highest BCUT2D eigenvalue weighted by atomic mass is 32.1. The Morgan fingerprint density at radius 1 is 1.18 bits per heavy atom. The molecule has 0 aliphatic heterocycles. The molecule has 0 aliphatic rings. The first-order valence-electron chi connectivity index (χ1n) is 6.98. The van der Waals surface area contributed by atoms with Crippen LogP contribution < -0.4 is 5.32 Å². The maximum absolute atomic E-state index is 13.2. The van der Waals surface area contributed by atoms with Gasteiger partial charge < -0.3 is 10.2 Å². The number of halogens is 1. The minimum Gasteiger partial charge on any atom is -0.378 e. The summed E-state index contributed by atoms with van der Waals surface area (Å²) in [6.45, 7) is 1.67. The number of hydrogen-bond donors (Lipinski definition) is 1. The van der Waals surface area contributed by atoms with Crippen LogP contribution in [0.1, 0.15) is 9.75 Å². The summed E-state index contributed by atoms with van der Waals surface area (Å²) in [7, 11) is 4.12. The highest BCUT2D eigenvalue weighted by Crippen LogP contribution is 2.22. The molecular weight excluding hydrogens is 299 g/mol. The van der Waals surface area contributed by atoms with Crippen molar-refractivity contribution in [1.29, 1.82) is 0 Å². The van der Waals surface area contributed by atoms with E-state index in [1.165, 1.54) is 22.0 Å². The van der Waals surface area contributed by atoms with Crippen LogP contribution in [-0.2, 0) is 13.1 Å². The fourth-order valence-corrected chi connectivity index (χ4v) is 3.32. The molecule has 0 radical (unpaired) electrons. The van der Waals surface area contributed by atoms with Crippen molar-refractivity contribution in [3.05, 3.63) is 52.2 Å². The summed E-state index contributed by atoms with van der Waals surface area (Å²) in [5.41, 5.74) is 2.12. The zero-order valence-electron chi connectivity index (χ0n) is 12.5. The largest absolute Gasteiger partial charge is 0.378 e. The molecule has 0 fully saturated rings. The van der Waals surface area contributed by atoms with Crippen LogP contribution in [0.3, 0.4) is 0 Å². The fraction of sp³-hybridized carbons (Fsp3) is 0.250. The van der Waals surface area contributed by atoms with Gasteiger partial charge in [0.15, 0.2) is 0 Å². The summed E-state index contributed by atoms with van der Waals surface area (Å²) >= 11 is 1.79. The first-order valence-corrected chi connectivity index (χ1v) is 7.80. The van der Waals surface area contributed by atoms with Crippen molar-refractivity contribution in [2.75, 3.05) is 19.4 Å². The van der Waals surface area contributed by atoms with Gasteiger partial charge in [-0.15, -0.1) is 11.3 Å². The van der Waals surface area contributed by atoms with Crippen molar-refractivity contribution in [2.24, 2.45) is 0 Å². The van der Waals surface area contributed by atoms with Crippen molar-refractivity contribution >= 4 is 28.1 Å². The molecule has 0 saturated heterocycles. The van der Waals surface area contributed by atoms with Crippen molar-refractivity contribution in [1.82, 2.24) is 14.9 Å². The van der Waals surface area contributed by atoms with E-state index in [1.54, 1.807) is 17.5 Å². The molecule has 6 heteroatoms. The van der Waals surface area contributed by atoms with E-state index < -0.39 is 0 Å². The topological polar surface area (TPSA) is 41.0 Å². The average Bonchev–Trinajstić information content (AvgIpc) is 2.91. The number of rotatable bonds is 5. The summed E-state index contributed by atoms with van der Waals surface area (Å²) in [6, 6.07) is 7.54. The van der Waals surface area contributed by atoms with Crippen molar-refractivity contribution < 1.29 is 4.39 Å². The fourth-order valence-electron chi connectivity index (χ4n) is 2.24. The minimum absolute atomic E-state index is 0.372. The molecule has 0 spiro atoms. The lowest BCUT2D eigenvalue weighted by Gasteiger charge is -2.08. The van der Waals surface area contributed by atoms with E-state index in [-0.39, 0.29) is 5.82 Å². The quantitative estimate of drug-likeness (QED) is 0.782.